The van der Waals surface area contributed by atoms with Gasteiger partial charge in [-0.05, 0) is 6.92 Å². The summed E-state index contributed by atoms with van der Waals surface area (Å²) in [6.07, 6.45) is 0.0489. The number of carbonyl (C=O) groups is 2. The Balaban J connectivity index is 2.88. The highest BCUT2D eigenvalue weighted by atomic mass is 16.5. The molecule has 0 radical (unpaired) electrons. The quantitative estimate of drug-likeness (QED) is 0.445. The third-order valence-corrected chi connectivity index (χ3v) is 1.86. The summed E-state index contributed by atoms with van der Waals surface area (Å²) in [6.45, 7) is 1.56. The van der Waals surface area contributed by atoms with Gasteiger partial charge in [-0.3, -0.25) is 9.59 Å². The van der Waals surface area contributed by atoms with Gasteiger partial charge < -0.3 is 4.74 Å². The smallest absolute Gasteiger partial charge is 0.316 e. The van der Waals surface area contributed by atoms with E-state index in [1.54, 1.807) is 7.05 Å². The van der Waals surface area contributed by atoms with Crippen molar-refractivity contribution in [2.75, 3.05) is 7.11 Å². The molecular weight excluding hydrogens is 200 g/mol. The summed E-state index contributed by atoms with van der Waals surface area (Å²) in [4.78, 5) is 22.0. The van der Waals surface area contributed by atoms with Crippen LogP contribution in [0.1, 0.15) is 12.7 Å². The maximum atomic E-state index is 11.1. The number of aromatic nitrogens is 4. The SMILES string of the molecule is COC(=O)Cc1n(CC(C)=O)nn[n+]1C. The lowest BCUT2D eigenvalue weighted by Crippen LogP contribution is -2.37. The van der Waals surface area contributed by atoms with Crippen LogP contribution < -0.4 is 4.68 Å². The molecule has 0 bridgehead atoms. The number of carbonyl (C=O) groups excluding carboxylic acids is 2. The van der Waals surface area contributed by atoms with Gasteiger partial charge in [0.1, 0.15) is 11.6 Å². The number of hydrogen-bond acceptors (Lipinski definition) is 5. The maximum Gasteiger partial charge on any atom is 0.316 e. The number of ketones is 1. The minimum atomic E-state index is -0.391. The van der Waals surface area contributed by atoms with E-state index in [2.05, 4.69) is 15.2 Å². The number of esters is 1. The highest BCUT2D eigenvalue weighted by Crippen LogP contribution is 1.94. The molecule has 0 fully saturated rings. The van der Waals surface area contributed by atoms with E-state index in [1.807, 2.05) is 0 Å². The highest BCUT2D eigenvalue weighted by molar-refractivity contribution is 5.75. The van der Waals surface area contributed by atoms with Gasteiger partial charge in [-0.2, -0.15) is 0 Å². The van der Waals surface area contributed by atoms with Crippen LogP contribution in [0.4, 0.5) is 0 Å². The van der Waals surface area contributed by atoms with Crippen LogP contribution in [0.5, 0.6) is 0 Å². The Morgan fingerprint density at radius 2 is 2.20 bits per heavy atom. The van der Waals surface area contributed by atoms with Crippen LogP contribution in [0.3, 0.4) is 0 Å². The summed E-state index contributed by atoms with van der Waals surface area (Å²) < 4.78 is 7.36. The predicted octanol–water partition coefficient (Wildman–Crippen LogP) is -1.59. The normalized spacial score (nSPS) is 10.1. The Morgan fingerprint density at radius 3 is 2.73 bits per heavy atom. The zero-order chi connectivity index (χ0) is 11.4. The lowest BCUT2D eigenvalue weighted by Gasteiger charge is -1.96. The van der Waals surface area contributed by atoms with Gasteiger partial charge in [-0.25, -0.2) is 0 Å². The van der Waals surface area contributed by atoms with E-state index in [0.29, 0.717) is 5.82 Å². The van der Waals surface area contributed by atoms with E-state index >= 15 is 0 Å². The molecule has 0 atom stereocenters. The van der Waals surface area contributed by atoms with Crippen LogP contribution in [0.2, 0.25) is 0 Å². The number of methoxy groups -OCH3 is 1. The largest absolute Gasteiger partial charge is 0.469 e. The van der Waals surface area contributed by atoms with Gasteiger partial charge in [-0.15, -0.1) is 4.68 Å². The van der Waals surface area contributed by atoms with Crippen molar-refractivity contribution >= 4 is 11.8 Å². The molecule has 0 aliphatic rings. The van der Waals surface area contributed by atoms with E-state index in [-0.39, 0.29) is 18.7 Å². The summed E-state index contributed by atoms with van der Waals surface area (Å²) in [5.41, 5.74) is 0. The van der Waals surface area contributed by atoms with Crippen molar-refractivity contribution in [3.63, 3.8) is 0 Å². The van der Waals surface area contributed by atoms with E-state index in [1.165, 1.54) is 23.4 Å². The average Bonchev–Trinajstić information content (AvgIpc) is 2.49. The first kappa shape index (κ1) is 11.3. The third kappa shape index (κ3) is 2.83. The Labute approximate surface area is 86.6 Å². The van der Waals surface area contributed by atoms with Crippen molar-refractivity contribution in [3.8, 4) is 0 Å². The molecule has 0 aromatic carbocycles. The monoisotopic (exact) mass is 213 g/mol. The molecule has 0 unspecified atom stereocenters. The molecule has 82 valence electrons. The average molecular weight is 213 g/mol. The number of hydrogen-bond donors (Lipinski definition) is 0. The molecular formula is C8H13N4O3+. The highest BCUT2D eigenvalue weighted by Gasteiger charge is 2.22. The lowest BCUT2D eigenvalue weighted by molar-refractivity contribution is -0.738. The molecule has 0 N–H and O–H groups in total. The van der Waals surface area contributed by atoms with Crippen molar-refractivity contribution < 1.29 is 19.0 Å². The molecule has 0 saturated heterocycles. The fourth-order valence-electron chi connectivity index (χ4n) is 1.12. The number of ether oxygens (including phenoxy) is 1. The molecule has 0 amide bonds. The Bertz CT molecular complexity index is 385. The van der Waals surface area contributed by atoms with Gasteiger partial charge in [0, 0.05) is 0 Å². The number of aryl methyl sites for hydroxylation is 1. The maximum absolute atomic E-state index is 11.1. The molecule has 15 heavy (non-hydrogen) atoms. The van der Waals surface area contributed by atoms with Crippen molar-refractivity contribution in [2.24, 2.45) is 7.05 Å². The second kappa shape index (κ2) is 4.63. The summed E-state index contributed by atoms with van der Waals surface area (Å²) in [7, 11) is 2.96. The topological polar surface area (TPSA) is 78.0 Å². The molecule has 1 heterocycles. The number of nitrogens with zero attached hydrogens (tertiary/aromatic N) is 4. The zero-order valence-corrected chi connectivity index (χ0v) is 8.93. The molecule has 7 nitrogen and oxygen atoms in total. The Hall–Kier alpha value is -1.79. The first-order valence-electron chi connectivity index (χ1n) is 4.39. The fourth-order valence-corrected chi connectivity index (χ4v) is 1.12. The van der Waals surface area contributed by atoms with Crippen molar-refractivity contribution in [1.82, 2.24) is 15.1 Å². The number of rotatable bonds is 4. The van der Waals surface area contributed by atoms with E-state index in [0.717, 1.165) is 0 Å². The van der Waals surface area contributed by atoms with Crippen molar-refractivity contribution in [3.05, 3.63) is 5.82 Å². The molecule has 0 saturated carbocycles. The minimum absolute atomic E-state index is 0.0489. The van der Waals surface area contributed by atoms with Crippen LogP contribution in [0, 0.1) is 0 Å². The molecule has 0 aliphatic heterocycles. The zero-order valence-electron chi connectivity index (χ0n) is 8.93. The number of tetrazole rings is 1. The van der Waals surface area contributed by atoms with Gasteiger partial charge in [0.05, 0.1) is 14.2 Å². The van der Waals surface area contributed by atoms with Crippen LogP contribution in [-0.2, 0) is 34.3 Å². The van der Waals surface area contributed by atoms with Gasteiger partial charge in [0.25, 0.3) is 5.82 Å². The second-order valence-electron chi connectivity index (χ2n) is 3.13. The van der Waals surface area contributed by atoms with Crippen LogP contribution in [-0.4, -0.2) is 34.0 Å². The summed E-state index contributed by atoms with van der Waals surface area (Å²) in [6, 6.07) is 0. The molecule has 1 rings (SSSR count). The van der Waals surface area contributed by atoms with E-state index in [9.17, 15) is 9.59 Å². The van der Waals surface area contributed by atoms with Crippen molar-refractivity contribution in [2.45, 2.75) is 19.9 Å². The fraction of sp³-hybridized carbons (Fsp3) is 0.625. The molecule has 7 heteroatoms. The third-order valence-electron chi connectivity index (χ3n) is 1.86. The summed E-state index contributed by atoms with van der Waals surface area (Å²) >= 11 is 0. The first-order valence-corrected chi connectivity index (χ1v) is 4.39. The summed E-state index contributed by atoms with van der Waals surface area (Å²) in [5, 5.41) is 7.47. The predicted molar refractivity (Wildman–Crippen MR) is 47.6 cm³/mol. The van der Waals surface area contributed by atoms with E-state index < -0.39 is 5.97 Å². The molecule has 0 spiro atoms. The Morgan fingerprint density at radius 1 is 1.53 bits per heavy atom. The number of Topliss-reactive ketones (excluding diaryl/α,β-unsaturated/α-hetero) is 1. The van der Waals surface area contributed by atoms with Gasteiger partial charge >= 0.3 is 5.97 Å². The van der Waals surface area contributed by atoms with Gasteiger partial charge in [-0.1, -0.05) is 4.68 Å². The standard InChI is InChI=1S/C8H13N4O3/c1-6(13)5-12-7(4-8(14)15-3)11(2)9-10-12/h4-5H2,1-3H3/q+1. The van der Waals surface area contributed by atoms with Gasteiger partial charge in [0.2, 0.25) is 0 Å². The van der Waals surface area contributed by atoms with Crippen LogP contribution in [0.25, 0.3) is 0 Å². The summed E-state index contributed by atoms with van der Waals surface area (Å²) in [5.74, 6) is 0.0985. The van der Waals surface area contributed by atoms with Crippen LogP contribution in [0.15, 0.2) is 0 Å². The molecule has 1 aromatic rings. The van der Waals surface area contributed by atoms with Gasteiger partial charge in [0.15, 0.2) is 17.5 Å². The van der Waals surface area contributed by atoms with Crippen molar-refractivity contribution in [1.29, 1.82) is 0 Å². The first-order chi connectivity index (χ1) is 7.04. The van der Waals surface area contributed by atoms with Crippen LogP contribution >= 0.6 is 0 Å². The molecule has 1 aromatic heterocycles. The Kier molecular flexibility index (Phi) is 3.48. The second-order valence-corrected chi connectivity index (χ2v) is 3.13. The molecule has 0 aliphatic carbocycles. The lowest BCUT2D eigenvalue weighted by atomic mass is 10.4. The van der Waals surface area contributed by atoms with E-state index in [4.69, 9.17) is 0 Å². The minimum Gasteiger partial charge on any atom is -0.469 e.